The van der Waals surface area contributed by atoms with Gasteiger partial charge in [-0.05, 0) is 38.0 Å². The van der Waals surface area contributed by atoms with Gasteiger partial charge in [0.1, 0.15) is 0 Å². The van der Waals surface area contributed by atoms with Crippen LogP contribution in [-0.4, -0.2) is 21.4 Å². The highest BCUT2D eigenvalue weighted by Gasteiger charge is 2.26. The van der Waals surface area contributed by atoms with Crippen LogP contribution in [-0.2, 0) is 0 Å². The first kappa shape index (κ1) is 11.1. The highest BCUT2D eigenvalue weighted by molar-refractivity contribution is 5.50. The molecule has 0 bridgehead atoms. The van der Waals surface area contributed by atoms with E-state index in [0.717, 1.165) is 11.5 Å². The molecule has 0 atom stereocenters. The molecule has 0 radical (unpaired) electrons. The summed E-state index contributed by atoms with van der Waals surface area (Å²) in [5, 5.41) is 4.53. The van der Waals surface area contributed by atoms with Gasteiger partial charge >= 0.3 is 0 Å². The van der Waals surface area contributed by atoms with Gasteiger partial charge in [0.25, 0.3) is 0 Å². The number of nitrogen functional groups attached to an aromatic ring is 1. The number of nitrogens with two attached hydrogens (primary N) is 1. The third-order valence-corrected chi connectivity index (χ3v) is 3.00. The third-order valence-electron chi connectivity index (χ3n) is 3.00. The molecule has 1 aliphatic rings. The Bertz CT molecular complexity index is 560. The molecule has 0 aromatic carbocycles. The van der Waals surface area contributed by atoms with Crippen LogP contribution in [0.5, 0.6) is 5.88 Å². The van der Waals surface area contributed by atoms with Crippen LogP contribution in [0.1, 0.15) is 31.4 Å². The standard InChI is InChI=1S/C13H16N4O/c1-2-18-13-10(14)5-6-12(15-13)17-8-7-11(16-17)9-3-4-9/h5-9H,2-4,14H2,1H3. The maximum atomic E-state index is 5.80. The Kier molecular flexibility index (Phi) is 2.66. The number of rotatable bonds is 4. The maximum Gasteiger partial charge on any atom is 0.239 e. The Morgan fingerprint density at radius 2 is 2.22 bits per heavy atom. The number of anilines is 1. The Balaban J connectivity index is 1.91. The minimum Gasteiger partial charge on any atom is -0.476 e. The summed E-state index contributed by atoms with van der Waals surface area (Å²) < 4.78 is 7.16. The maximum absolute atomic E-state index is 5.80. The first-order valence-electron chi connectivity index (χ1n) is 6.23. The minimum atomic E-state index is 0.471. The number of hydrogen-bond acceptors (Lipinski definition) is 4. The van der Waals surface area contributed by atoms with E-state index in [9.17, 15) is 0 Å². The number of pyridine rings is 1. The van der Waals surface area contributed by atoms with Gasteiger partial charge in [-0.15, -0.1) is 0 Å². The van der Waals surface area contributed by atoms with Gasteiger partial charge in [-0.2, -0.15) is 10.1 Å². The molecule has 0 spiro atoms. The molecule has 2 heterocycles. The van der Waals surface area contributed by atoms with Gasteiger partial charge in [0, 0.05) is 12.1 Å². The van der Waals surface area contributed by atoms with E-state index < -0.39 is 0 Å². The van der Waals surface area contributed by atoms with Crippen molar-refractivity contribution >= 4 is 5.69 Å². The molecule has 18 heavy (non-hydrogen) atoms. The van der Waals surface area contributed by atoms with E-state index in [2.05, 4.69) is 16.1 Å². The zero-order valence-electron chi connectivity index (χ0n) is 10.3. The molecule has 1 saturated carbocycles. The SMILES string of the molecule is CCOc1nc(-n2ccc(C3CC3)n2)ccc1N. The third kappa shape index (κ3) is 2.03. The van der Waals surface area contributed by atoms with Crippen LogP contribution in [0.15, 0.2) is 24.4 Å². The largest absolute Gasteiger partial charge is 0.476 e. The van der Waals surface area contributed by atoms with Gasteiger partial charge in [-0.1, -0.05) is 0 Å². The molecular formula is C13H16N4O. The summed E-state index contributed by atoms with van der Waals surface area (Å²) in [6, 6.07) is 5.70. The summed E-state index contributed by atoms with van der Waals surface area (Å²) in [6.07, 6.45) is 4.43. The summed E-state index contributed by atoms with van der Waals surface area (Å²) in [6.45, 7) is 2.46. The molecule has 0 aliphatic heterocycles. The smallest absolute Gasteiger partial charge is 0.239 e. The summed E-state index contributed by atoms with van der Waals surface area (Å²) in [7, 11) is 0. The molecule has 2 N–H and O–H groups in total. The average Bonchev–Trinajstić information content (AvgIpc) is 3.11. The lowest BCUT2D eigenvalue weighted by Gasteiger charge is -2.07. The van der Waals surface area contributed by atoms with Crippen molar-refractivity contribution in [1.29, 1.82) is 0 Å². The zero-order chi connectivity index (χ0) is 12.5. The van der Waals surface area contributed by atoms with E-state index in [0.29, 0.717) is 24.1 Å². The highest BCUT2D eigenvalue weighted by Crippen LogP contribution is 2.39. The van der Waals surface area contributed by atoms with Gasteiger partial charge in [-0.3, -0.25) is 0 Å². The molecule has 1 fully saturated rings. The number of nitrogens with zero attached hydrogens (tertiary/aromatic N) is 3. The summed E-state index contributed by atoms with van der Waals surface area (Å²) in [5.74, 6) is 1.85. The van der Waals surface area contributed by atoms with Gasteiger partial charge < -0.3 is 10.5 Å². The van der Waals surface area contributed by atoms with Gasteiger partial charge in [0.2, 0.25) is 5.88 Å². The fourth-order valence-corrected chi connectivity index (χ4v) is 1.88. The fraction of sp³-hybridized carbons (Fsp3) is 0.385. The second-order valence-electron chi connectivity index (χ2n) is 4.46. The Morgan fingerprint density at radius 3 is 2.94 bits per heavy atom. The van der Waals surface area contributed by atoms with Gasteiger partial charge in [-0.25, -0.2) is 4.68 Å². The lowest BCUT2D eigenvalue weighted by molar-refractivity contribution is 0.328. The lowest BCUT2D eigenvalue weighted by atomic mass is 10.3. The van der Waals surface area contributed by atoms with E-state index in [-0.39, 0.29) is 0 Å². The van der Waals surface area contributed by atoms with E-state index in [4.69, 9.17) is 10.5 Å². The summed E-state index contributed by atoms with van der Waals surface area (Å²) in [5.41, 5.74) is 7.50. The van der Waals surface area contributed by atoms with Crippen LogP contribution in [0.3, 0.4) is 0 Å². The van der Waals surface area contributed by atoms with Crippen molar-refractivity contribution in [1.82, 2.24) is 14.8 Å². The normalized spacial score (nSPS) is 14.7. The van der Waals surface area contributed by atoms with Crippen LogP contribution in [0.4, 0.5) is 5.69 Å². The Hall–Kier alpha value is -2.04. The minimum absolute atomic E-state index is 0.471. The fourth-order valence-electron chi connectivity index (χ4n) is 1.88. The van der Waals surface area contributed by atoms with Crippen molar-refractivity contribution in [2.75, 3.05) is 12.3 Å². The van der Waals surface area contributed by atoms with E-state index in [1.165, 1.54) is 12.8 Å². The van der Waals surface area contributed by atoms with Crippen molar-refractivity contribution in [3.05, 3.63) is 30.1 Å². The van der Waals surface area contributed by atoms with Crippen molar-refractivity contribution < 1.29 is 4.74 Å². The monoisotopic (exact) mass is 244 g/mol. The number of hydrogen-bond donors (Lipinski definition) is 1. The van der Waals surface area contributed by atoms with E-state index >= 15 is 0 Å². The van der Waals surface area contributed by atoms with Crippen LogP contribution in [0, 0.1) is 0 Å². The second kappa shape index (κ2) is 4.33. The van der Waals surface area contributed by atoms with E-state index in [1.54, 1.807) is 10.7 Å². The van der Waals surface area contributed by atoms with Crippen LogP contribution >= 0.6 is 0 Å². The van der Waals surface area contributed by atoms with Gasteiger partial charge in [0.15, 0.2) is 5.82 Å². The molecule has 5 heteroatoms. The van der Waals surface area contributed by atoms with Crippen molar-refractivity contribution in [3.8, 4) is 11.7 Å². The second-order valence-corrected chi connectivity index (χ2v) is 4.46. The van der Waals surface area contributed by atoms with Crippen molar-refractivity contribution in [3.63, 3.8) is 0 Å². The quantitative estimate of drug-likeness (QED) is 0.894. The summed E-state index contributed by atoms with van der Waals surface area (Å²) in [4.78, 5) is 4.38. The van der Waals surface area contributed by atoms with Crippen LogP contribution in [0.2, 0.25) is 0 Å². The number of aromatic nitrogens is 3. The molecular weight excluding hydrogens is 228 g/mol. The first-order valence-corrected chi connectivity index (χ1v) is 6.23. The predicted molar refractivity (Wildman–Crippen MR) is 68.9 cm³/mol. The lowest BCUT2D eigenvalue weighted by Crippen LogP contribution is -2.04. The number of ether oxygens (including phenoxy) is 1. The predicted octanol–water partition coefficient (Wildman–Crippen LogP) is 2.13. The van der Waals surface area contributed by atoms with Crippen LogP contribution in [0.25, 0.3) is 5.82 Å². The van der Waals surface area contributed by atoms with Gasteiger partial charge in [0.05, 0.1) is 18.0 Å². The molecule has 5 nitrogen and oxygen atoms in total. The zero-order valence-corrected chi connectivity index (χ0v) is 10.3. The summed E-state index contributed by atoms with van der Waals surface area (Å²) >= 11 is 0. The first-order chi connectivity index (χ1) is 8.78. The Morgan fingerprint density at radius 1 is 1.39 bits per heavy atom. The van der Waals surface area contributed by atoms with Crippen molar-refractivity contribution in [2.24, 2.45) is 0 Å². The molecule has 1 aliphatic carbocycles. The molecule has 94 valence electrons. The topological polar surface area (TPSA) is 66.0 Å². The van der Waals surface area contributed by atoms with Crippen LogP contribution < -0.4 is 10.5 Å². The molecule has 0 unspecified atom stereocenters. The Labute approximate surface area is 106 Å². The molecule has 0 saturated heterocycles. The molecule has 0 amide bonds. The molecule has 2 aromatic heterocycles. The molecule has 2 aromatic rings. The van der Waals surface area contributed by atoms with Crippen molar-refractivity contribution in [2.45, 2.75) is 25.7 Å². The molecule has 3 rings (SSSR count). The highest BCUT2D eigenvalue weighted by atomic mass is 16.5. The van der Waals surface area contributed by atoms with E-state index in [1.807, 2.05) is 19.2 Å². The average molecular weight is 244 g/mol.